The molecule has 0 radical (unpaired) electrons. The average molecular weight is 198 g/mol. The Morgan fingerprint density at radius 1 is 1.64 bits per heavy atom. The second kappa shape index (κ2) is 4.81. The van der Waals surface area contributed by atoms with Crippen LogP contribution in [0.4, 0.5) is 0 Å². The second-order valence-electron chi connectivity index (χ2n) is 3.11. The maximum absolute atomic E-state index is 10.9. The number of aliphatic carboxylic acids is 1. The van der Waals surface area contributed by atoms with E-state index in [9.17, 15) is 4.79 Å². The Kier molecular flexibility index (Phi) is 3.71. The molecule has 0 aromatic carbocycles. The van der Waals surface area contributed by atoms with Gasteiger partial charge in [0.15, 0.2) is 6.79 Å². The highest BCUT2D eigenvalue weighted by atomic mass is 16.7. The van der Waals surface area contributed by atoms with E-state index in [2.05, 4.69) is 0 Å². The molecule has 1 atom stereocenters. The summed E-state index contributed by atoms with van der Waals surface area (Å²) in [4.78, 5) is 10.9. The van der Waals surface area contributed by atoms with Gasteiger partial charge in [-0.2, -0.15) is 0 Å². The molecule has 0 aromatic heterocycles. The molecule has 0 fully saturated rings. The maximum atomic E-state index is 10.9. The largest absolute Gasteiger partial charge is 0.480 e. The smallest absolute Gasteiger partial charge is 0.318 e. The monoisotopic (exact) mass is 198 g/mol. The van der Waals surface area contributed by atoms with Crippen molar-refractivity contribution in [3.8, 4) is 0 Å². The van der Waals surface area contributed by atoms with E-state index in [4.69, 9.17) is 14.6 Å². The second-order valence-corrected chi connectivity index (χ2v) is 3.11. The minimum Gasteiger partial charge on any atom is -0.480 e. The number of carboxylic acid groups (broad SMARTS) is 1. The van der Waals surface area contributed by atoms with Crippen molar-refractivity contribution in [3.05, 3.63) is 23.5 Å². The van der Waals surface area contributed by atoms with Crippen LogP contribution in [-0.4, -0.2) is 25.0 Å². The van der Waals surface area contributed by atoms with Crippen LogP contribution in [0, 0.1) is 5.92 Å². The molecule has 1 N–H and O–H groups in total. The number of hydrogen-bond donors (Lipinski definition) is 1. The molecule has 1 aliphatic rings. The Morgan fingerprint density at radius 2 is 2.36 bits per heavy atom. The molecule has 0 spiro atoms. The predicted molar refractivity (Wildman–Crippen MR) is 50.5 cm³/mol. The Labute approximate surface area is 82.8 Å². The molecule has 1 rings (SSSR count). The van der Waals surface area contributed by atoms with E-state index in [0.29, 0.717) is 12.2 Å². The first-order chi connectivity index (χ1) is 6.66. The minimum absolute atomic E-state index is 0.0862. The minimum atomic E-state index is -0.888. The van der Waals surface area contributed by atoms with Crippen LogP contribution in [0.5, 0.6) is 0 Å². The fraction of sp³-hybridized carbons (Fsp3) is 0.500. The van der Waals surface area contributed by atoms with Crippen LogP contribution in [0.25, 0.3) is 0 Å². The van der Waals surface area contributed by atoms with Crippen LogP contribution >= 0.6 is 0 Å². The average Bonchev–Trinajstić information content (AvgIpc) is 2.14. The van der Waals surface area contributed by atoms with Crippen molar-refractivity contribution in [2.24, 2.45) is 5.92 Å². The third kappa shape index (κ3) is 2.35. The van der Waals surface area contributed by atoms with Crippen molar-refractivity contribution in [1.82, 2.24) is 0 Å². The lowest BCUT2D eigenvalue weighted by Crippen LogP contribution is -2.21. The molecule has 1 unspecified atom stereocenters. The summed E-state index contributed by atoms with van der Waals surface area (Å²) in [5.74, 6) is -1.07. The molecule has 78 valence electrons. The van der Waals surface area contributed by atoms with Gasteiger partial charge in [0.05, 0.1) is 0 Å². The summed E-state index contributed by atoms with van der Waals surface area (Å²) < 4.78 is 9.93. The zero-order valence-electron chi connectivity index (χ0n) is 8.32. The standard InChI is InChI=1S/C10H14O4/c1-7-4-3-5-8(14-6-13-2)9(7)10(11)12/h4-5,9H,3,6H2,1-2H3,(H,11,12). The molecule has 0 bridgehead atoms. The lowest BCUT2D eigenvalue weighted by molar-refractivity contribution is -0.141. The van der Waals surface area contributed by atoms with Crippen LogP contribution < -0.4 is 0 Å². The fourth-order valence-corrected chi connectivity index (χ4v) is 1.41. The van der Waals surface area contributed by atoms with Crippen LogP contribution in [0.15, 0.2) is 23.5 Å². The molecule has 0 saturated heterocycles. The number of allylic oxidation sites excluding steroid dienone is 2. The summed E-state index contributed by atoms with van der Waals surface area (Å²) in [7, 11) is 1.50. The van der Waals surface area contributed by atoms with Gasteiger partial charge >= 0.3 is 5.97 Å². The van der Waals surface area contributed by atoms with Gasteiger partial charge in [-0.15, -0.1) is 0 Å². The number of carbonyl (C=O) groups is 1. The van der Waals surface area contributed by atoms with Crippen molar-refractivity contribution in [1.29, 1.82) is 0 Å². The highest BCUT2D eigenvalue weighted by Gasteiger charge is 2.27. The van der Waals surface area contributed by atoms with Gasteiger partial charge < -0.3 is 14.6 Å². The van der Waals surface area contributed by atoms with E-state index in [1.165, 1.54) is 7.11 Å². The number of rotatable bonds is 4. The van der Waals surface area contributed by atoms with E-state index in [0.717, 1.165) is 5.57 Å². The van der Waals surface area contributed by atoms with Gasteiger partial charge in [0.25, 0.3) is 0 Å². The van der Waals surface area contributed by atoms with Gasteiger partial charge in [-0.1, -0.05) is 11.6 Å². The molecule has 0 amide bonds. The molecule has 0 aliphatic heterocycles. The zero-order valence-corrected chi connectivity index (χ0v) is 8.32. The Balaban J connectivity index is 2.72. The van der Waals surface area contributed by atoms with E-state index >= 15 is 0 Å². The van der Waals surface area contributed by atoms with Gasteiger partial charge in [-0.05, 0) is 19.4 Å². The van der Waals surface area contributed by atoms with Crippen LogP contribution in [0.2, 0.25) is 0 Å². The first kappa shape index (κ1) is 10.8. The van der Waals surface area contributed by atoms with Crippen molar-refractivity contribution < 1.29 is 19.4 Å². The van der Waals surface area contributed by atoms with Crippen molar-refractivity contribution >= 4 is 5.97 Å². The van der Waals surface area contributed by atoms with Gasteiger partial charge in [-0.25, -0.2) is 0 Å². The van der Waals surface area contributed by atoms with Gasteiger partial charge in [0.2, 0.25) is 0 Å². The molecule has 0 saturated carbocycles. The van der Waals surface area contributed by atoms with Crippen LogP contribution in [0.1, 0.15) is 13.3 Å². The summed E-state index contributed by atoms with van der Waals surface area (Å²) >= 11 is 0. The molecule has 0 heterocycles. The first-order valence-electron chi connectivity index (χ1n) is 4.38. The number of carboxylic acids is 1. The molecule has 4 heteroatoms. The van der Waals surface area contributed by atoms with E-state index in [1.54, 1.807) is 13.0 Å². The molecule has 14 heavy (non-hydrogen) atoms. The summed E-state index contributed by atoms with van der Waals surface area (Å²) in [6.45, 7) is 1.88. The number of hydrogen-bond acceptors (Lipinski definition) is 3. The van der Waals surface area contributed by atoms with Crippen molar-refractivity contribution in [2.75, 3.05) is 13.9 Å². The normalized spacial score (nSPS) is 21.1. The topological polar surface area (TPSA) is 55.8 Å². The predicted octanol–water partition coefficient (Wildman–Crippen LogP) is 1.54. The van der Waals surface area contributed by atoms with E-state index < -0.39 is 11.9 Å². The third-order valence-corrected chi connectivity index (χ3v) is 2.09. The summed E-state index contributed by atoms with van der Waals surface area (Å²) in [5.41, 5.74) is 0.811. The molecule has 0 aromatic rings. The lowest BCUT2D eigenvalue weighted by Gasteiger charge is -2.20. The van der Waals surface area contributed by atoms with Gasteiger partial charge in [-0.3, -0.25) is 4.79 Å². The van der Waals surface area contributed by atoms with Crippen molar-refractivity contribution in [2.45, 2.75) is 13.3 Å². The SMILES string of the molecule is COCOC1=CCC=C(C)C1C(=O)O. The first-order valence-corrected chi connectivity index (χ1v) is 4.38. The van der Waals surface area contributed by atoms with Crippen molar-refractivity contribution in [3.63, 3.8) is 0 Å². The highest BCUT2D eigenvalue weighted by Crippen LogP contribution is 2.26. The third-order valence-electron chi connectivity index (χ3n) is 2.09. The van der Waals surface area contributed by atoms with Crippen LogP contribution in [0.3, 0.4) is 0 Å². The number of methoxy groups -OCH3 is 1. The molecular weight excluding hydrogens is 184 g/mol. The van der Waals surface area contributed by atoms with Crippen LogP contribution in [-0.2, 0) is 14.3 Å². The summed E-state index contributed by atoms with van der Waals surface area (Å²) in [6, 6.07) is 0. The lowest BCUT2D eigenvalue weighted by atomic mass is 9.93. The zero-order chi connectivity index (χ0) is 10.6. The Hall–Kier alpha value is -1.29. The Morgan fingerprint density at radius 3 is 2.93 bits per heavy atom. The van der Waals surface area contributed by atoms with E-state index in [-0.39, 0.29) is 6.79 Å². The highest BCUT2D eigenvalue weighted by molar-refractivity contribution is 5.77. The molecule has 1 aliphatic carbocycles. The molecule has 4 nitrogen and oxygen atoms in total. The van der Waals surface area contributed by atoms with E-state index in [1.807, 2.05) is 6.08 Å². The summed E-state index contributed by atoms with van der Waals surface area (Å²) in [5, 5.41) is 8.98. The van der Waals surface area contributed by atoms with Gasteiger partial charge in [0, 0.05) is 7.11 Å². The fourth-order valence-electron chi connectivity index (χ4n) is 1.41. The van der Waals surface area contributed by atoms with Gasteiger partial charge in [0.1, 0.15) is 11.7 Å². The maximum Gasteiger partial charge on any atom is 0.318 e. The Bertz CT molecular complexity index is 278. The summed E-state index contributed by atoms with van der Waals surface area (Å²) in [6.07, 6.45) is 4.37. The number of ether oxygens (including phenoxy) is 2. The quantitative estimate of drug-likeness (QED) is 0.550. The molecular formula is C10H14O4.